The van der Waals surface area contributed by atoms with E-state index < -0.39 is 97.7 Å². The van der Waals surface area contributed by atoms with Crippen molar-refractivity contribution in [2.75, 3.05) is 13.7 Å². The van der Waals surface area contributed by atoms with E-state index in [9.17, 15) is 44.4 Å². The minimum absolute atomic E-state index is 0.0575. The number of aliphatic carboxylic acids is 1. The zero-order valence-electron chi connectivity index (χ0n) is 27.7. The van der Waals surface area contributed by atoms with Crippen molar-refractivity contribution in [3.63, 3.8) is 0 Å². The summed E-state index contributed by atoms with van der Waals surface area (Å²) in [5.74, 6) is -6.20. The number of rotatable bonds is 18. The molecule has 6 N–H and O–H groups in total. The molecule has 49 heavy (non-hydrogen) atoms. The van der Waals surface area contributed by atoms with E-state index in [1.54, 1.807) is 0 Å². The predicted octanol–water partition coefficient (Wildman–Crippen LogP) is 2.16. The highest BCUT2D eigenvalue weighted by Crippen LogP contribution is 2.32. The Balaban J connectivity index is 2.10. The number of phenolic OH excluding ortho intramolecular Hbond substituents is 3. The molecule has 2 aromatic carbocycles. The van der Waals surface area contributed by atoms with Gasteiger partial charge in [-0.2, -0.15) is 0 Å². The van der Waals surface area contributed by atoms with E-state index in [0.29, 0.717) is 0 Å². The molecule has 0 bridgehead atoms. The van der Waals surface area contributed by atoms with E-state index in [1.807, 2.05) is 0 Å². The monoisotopic (exact) mass is 694 g/mol. The molecule has 0 radical (unpaired) electrons. The van der Waals surface area contributed by atoms with Gasteiger partial charge in [0.2, 0.25) is 0 Å². The van der Waals surface area contributed by atoms with Gasteiger partial charge in [0.15, 0.2) is 0 Å². The van der Waals surface area contributed by atoms with Crippen LogP contribution in [0.15, 0.2) is 24.3 Å². The second kappa shape index (κ2) is 18.5. The molecule has 0 fully saturated rings. The van der Waals surface area contributed by atoms with Crippen LogP contribution in [0.5, 0.6) is 23.0 Å². The Labute approximate surface area is 281 Å². The second-order valence-electron chi connectivity index (χ2n) is 11.5. The van der Waals surface area contributed by atoms with Gasteiger partial charge in [-0.05, 0) is 51.0 Å². The molecular weight excluding hydrogens is 652 g/mol. The number of aromatic hydroxyl groups is 3. The highest BCUT2D eigenvalue weighted by Gasteiger charge is 2.27. The number of esters is 4. The highest BCUT2D eigenvalue weighted by atomic mass is 16.6. The molecule has 0 aromatic heterocycles. The first-order valence-corrected chi connectivity index (χ1v) is 15.2. The van der Waals surface area contributed by atoms with E-state index in [4.69, 9.17) is 33.9 Å². The summed E-state index contributed by atoms with van der Waals surface area (Å²) in [7, 11) is 1.33. The van der Waals surface area contributed by atoms with Crippen LogP contribution in [-0.4, -0.2) is 105 Å². The number of carboxylic acids is 1. The summed E-state index contributed by atoms with van der Waals surface area (Å²) < 4.78 is 26.3. The molecule has 5 unspecified atom stereocenters. The van der Waals surface area contributed by atoms with E-state index in [1.165, 1.54) is 46.9 Å². The maximum atomic E-state index is 13.1. The lowest BCUT2D eigenvalue weighted by Gasteiger charge is -2.20. The van der Waals surface area contributed by atoms with E-state index in [2.05, 4.69) is 0 Å². The Hall–Kier alpha value is -5.09. The van der Waals surface area contributed by atoms with Crippen LogP contribution in [0.2, 0.25) is 0 Å². The summed E-state index contributed by atoms with van der Waals surface area (Å²) in [6.07, 6.45) is -6.81. The van der Waals surface area contributed by atoms with Crippen LogP contribution in [0.25, 0.3) is 0 Å². The van der Waals surface area contributed by atoms with Crippen molar-refractivity contribution in [1.29, 1.82) is 0 Å². The van der Waals surface area contributed by atoms with Crippen LogP contribution < -0.4 is 4.74 Å². The van der Waals surface area contributed by atoms with Crippen molar-refractivity contribution in [2.24, 2.45) is 0 Å². The number of phenols is 3. The van der Waals surface area contributed by atoms with Crippen molar-refractivity contribution >= 4 is 29.8 Å². The van der Waals surface area contributed by atoms with Gasteiger partial charge in [0.1, 0.15) is 58.5 Å². The highest BCUT2D eigenvalue weighted by molar-refractivity contribution is 5.95. The Morgan fingerprint density at radius 2 is 1.12 bits per heavy atom. The molecule has 0 aliphatic heterocycles. The molecule has 5 atom stereocenters. The summed E-state index contributed by atoms with van der Waals surface area (Å²) in [5.41, 5.74) is -0.370. The molecule has 16 nitrogen and oxygen atoms in total. The Bertz CT molecular complexity index is 1500. The fourth-order valence-electron chi connectivity index (χ4n) is 4.79. The average molecular weight is 695 g/mol. The largest absolute Gasteiger partial charge is 0.508 e. The number of carboxylic acid groups (broad SMARTS) is 1. The van der Waals surface area contributed by atoms with Gasteiger partial charge >= 0.3 is 29.8 Å². The van der Waals surface area contributed by atoms with Crippen LogP contribution in [0.4, 0.5) is 0 Å². The number of aliphatic hydroxyl groups is 2. The number of benzene rings is 2. The smallest absolute Gasteiger partial charge is 0.342 e. The summed E-state index contributed by atoms with van der Waals surface area (Å²) in [6, 6.07) is 4.66. The third-order valence-electron chi connectivity index (χ3n) is 6.83. The van der Waals surface area contributed by atoms with Crippen molar-refractivity contribution in [3.8, 4) is 23.0 Å². The molecule has 0 aliphatic rings. The first kappa shape index (κ1) is 40.1. The van der Waals surface area contributed by atoms with Gasteiger partial charge in [-0.1, -0.05) is 0 Å². The summed E-state index contributed by atoms with van der Waals surface area (Å²) in [5, 5.41) is 58.2. The van der Waals surface area contributed by atoms with Crippen LogP contribution in [-0.2, 0) is 46.2 Å². The van der Waals surface area contributed by atoms with Gasteiger partial charge in [-0.25, -0.2) is 9.59 Å². The number of carbonyl (C=O) groups is 5. The molecule has 2 rings (SSSR count). The molecular formula is C33H42O16. The van der Waals surface area contributed by atoms with Crippen molar-refractivity contribution in [2.45, 2.75) is 90.3 Å². The molecule has 0 heterocycles. The van der Waals surface area contributed by atoms with Gasteiger partial charge in [0.05, 0.1) is 39.1 Å². The summed E-state index contributed by atoms with van der Waals surface area (Å²) in [6.45, 7) is 5.10. The fourth-order valence-corrected chi connectivity index (χ4v) is 4.79. The molecule has 0 amide bonds. The quantitative estimate of drug-likeness (QED) is 0.0965. The normalized spacial score (nSPS) is 14.0. The Morgan fingerprint density at radius 1 is 0.653 bits per heavy atom. The molecule has 0 aliphatic carbocycles. The maximum absolute atomic E-state index is 13.1. The van der Waals surface area contributed by atoms with Crippen LogP contribution >= 0.6 is 0 Å². The maximum Gasteiger partial charge on any atom is 0.342 e. The second-order valence-corrected chi connectivity index (χ2v) is 11.5. The molecule has 0 saturated carbocycles. The summed E-state index contributed by atoms with van der Waals surface area (Å²) in [4.78, 5) is 61.6. The molecule has 0 spiro atoms. The molecule has 270 valence electrons. The van der Waals surface area contributed by atoms with Crippen molar-refractivity contribution < 1.29 is 78.3 Å². The molecule has 0 saturated heterocycles. The van der Waals surface area contributed by atoms with E-state index >= 15 is 0 Å². The Morgan fingerprint density at radius 3 is 1.61 bits per heavy atom. The Kier molecular flexibility index (Phi) is 15.1. The first-order chi connectivity index (χ1) is 22.9. The third-order valence-corrected chi connectivity index (χ3v) is 6.83. The van der Waals surface area contributed by atoms with Crippen molar-refractivity contribution in [1.82, 2.24) is 0 Å². The number of carbonyl (C=O) groups excluding carboxylic acids is 4. The number of hydrogen-bond donors (Lipinski definition) is 6. The first-order valence-electron chi connectivity index (χ1n) is 15.2. The SMILES string of the molecule is COc1cc(O)c(C(=O)OC(C)CC(=O)O)c(CC(C)OC(=O)CC(C)OC(=O)c2c(O)cc(O)cc2CC(C)OC(=O)CC(O)CO)c1. The van der Waals surface area contributed by atoms with Crippen LogP contribution in [0.3, 0.4) is 0 Å². The zero-order chi connectivity index (χ0) is 37.0. The van der Waals surface area contributed by atoms with Gasteiger partial charge in [-0.15, -0.1) is 0 Å². The summed E-state index contributed by atoms with van der Waals surface area (Å²) >= 11 is 0. The van der Waals surface area contributed by atoms with Crippen LogP contribution in [0.1, 0.15) is 78.8 Å². The number of aliphatic hydroxyl groups excluding tert-OH is 2. The third kappa shape index (κ3) is 12.8. The fraction of sp³-hybridized carbons (Fsp3) is 0.485. The minimum Gasteiger partial charge on any atom is -0.508 e. The lowest BCUT2D eigenvalue weighted by molar-refractivity contribution is -0.151. The van der Waals surface area contributed by atoms with Crippen molar-refractivity contribution in [3.05, 3.63) is 46.5 Å². The van der Waals surface area contributed by atoms with Gasteiger partial charge in [0.25, 0.3) is 0 Å². The standard InChI is InChI=1S/C33H42O16/c1-16(47-29(42)13-23(36)15-34)6-20-10-22(35)12-25(37)30(20)32(43)49-19(4)9-28(41)46-17(2)7-21-11-24(45-5)14-26(38)31(21)33(44)48-18(3)8-27(39)40/h10-12,14,16-19,23,34-38H,6-9,13,15H2,1-5H3,(H,39,40). The average Bonchev–Trinajstić information content (AvgIpc) is 2.95. The van der Waals surface area contributed by atoms with Gasteiger partial charge < -0.3 is 54.3 Å². The predicted molar refractivity (Wildman–Crippen MR) is 167 cm³/mol. The van der Waals surface area contributed by atoms with Crippen LogP contribution in [0, 0.1) is 0 Å². The zero-order valence-corrected chi connectivity index (χ0v) is 27.7. The topological polar surface area (TPSA) is 253 Å². The minimum atomic E-state index is -1.32. The number of methoxy groups -OCH3 is 1. The molecule has 16 heteroatoms. The lowest BCUT2D eigenvalue weighted by Crippen LogP contribution is -2.26. The lowest BCUT2D eigenvalue weighted by atomic mass is 10.00. The number of hydrogen-bond acceptors (Lipinski definition) is 15. The van der Waals surface area contributed by atoms with E-state index in [-0.39, 0.29) is 46.6 Å². The van der Waals surface area contributed by atoms with Gasteiger partial charge in [-0.3, -0.25) is 14.4 Å². The van der Waals surface area contributed by atoms with Gasteiger partial charge in [0, 0.05) is 25.0 Å². The molecule has 2 aromatic rings. The number of ether oxygens (including phenoxy) is 5. The van der Waals surface area contributed by atoms with E-state index in [0.717, 1.165) is 12.1 Å².